The van der Waals surface area contributed by atoms with Crippen LogP contribution in [-0.4, -0.2) is 53.8 Å². The molecule has 1 unspecified atom stereocenters. The third-order valence-electron chi connectivity index (χ3n) is 4.99. The van der Waals surface area contributed by atoms with Gasteiger partial charge in [0.1, 0.15) is 0 Å². The number of aliphatic imine (C=N–C) groups is 1. The van der Waals surface area contributed by atoms with Crippen LogP contribution in [0.15, 0.2) is 52.1 Å². The number of nitrogens with zero attached hydrogens (tertiary/aromatic N) is 5. The quantitative estimate of drug-likeness (QED) is 0.266. The third-order valence-corrected chi connectivity index (χ3v) is 5.25. The summed E-state index contributed by atoms with van der Waals surface area (Å²) in [5.41, 5.74) is 0.847. The first-order valence-electron chi connectivity index (χ1n) is 10.0. The fourth-order valence-electron chi connectivity index (χ4n) is 3.43. The van der Waals surface area contributed by atoms with E-state index in [1.54, 1.807) is 31.4 Å². The van der Waals surface area contributed by atoms with Crippen molar-refractivity contribution < 1.29 is 8.91 Å². The van der Waals surface area contributed by atoms with Gasteiger partial charge in [-0.3, -0.25) is 4.99 Å². The molecule has 170 valence electrons. The predicted molar refractivity (Wildman–Crippen MR) is 133 cm³/mol. The molecule has 0 bridgehead atoms. The molecule has 1 fully saturated rings. The monoisotopic (exact) mass is 571 g/mol. The maximum absolute atomic E-state index is 14.0. The zero-order chi connectivity index (χ0) is 21.6. The molecule has 4 rings (SSSR count). The molecule has 0 amide bonds. The summed E-state index contributed by atoms with van der Waals surface area (Å²) >= 11 is 5.91. The molecule has 2 N–H and O–H groups in total. The maximum Gasteiger partial charge on any atom is 0.228 e. The number of aromatic nitrogens is 3. The van der Waals surface area contributed by atoms with Gasteiger partial charge in [0.15, 0.2) is 17.6 Å². The topological polar surface area (TPSA) is 91.5 Å². The molecule has 11 heteroatoms. The Morgan fingerprint density at radius 2 is 2.12 bits per heavy atom. The molecule has 0 aliphatic carbocycles. The van der Waals surface area contributed by atoms with Crippen LogP contribution in [0.5, 0.6) is 0 Å². The molecule has 3 aromatic rings. The maximum atomic E-state index is 14.0. The second-order valence-corrected chi connectivity index (χ2v) is 7.59. The van der Waals surface area contributed by atoms with Gasteiger partial charge < -0.3 is 20.1 Å². The van der Waals surface area contributed by atoms with Crippen LogP contribution in [0.1, 0.15) is 12.3 Å². The number of pyridine rings is 1. The van der Waals surface area contributed by atoms with Crippen molar-refractivity contribution in [1.82, 2.24) is 25.8 Å². The number of rotatable bonds is 6. The van der Waals surface area contributed by atoms with Gasteiger partial charge in [0.2, 0.25) is 11.7 Å². The fourth-order valence-corrected chi connectivity index (χ4v) is 3.55. The number of halogens is 3. The molecule has 2 aromatic heterocycles. The number of benzene rings is 1. The van der Waals surface area contributed by atoms with Crippen LogP contribution in [0.3, 0.4) is 0 Å². The molecule has 3 heterocycles. The van der Waals surface area contributed by atoms with E-state index in [-0.39, 0.29) is 35.8 Å². The van der Waals surface area contributed by atoms with Crippen molar-refractivity contribution in [3.05, 3.63) is 59.3 Å². The largest absolute Gasteiger partial charge is 0.356 e. The van der Waals surface area contributed by atoms with Crippen LogP contribution >= 0.6 is 35.6 Å². The van der Waals surface area contributed by atoms with Crippen LogP contribution < -0.4 is 15.5 Å². The van der Waals surface area contributed by atoms with Crippen molar-refractivity contribution in [2.24, 2.45) is 4.99 Å². The SMILES string of the molecule is CN=C(NCCc1nc(-c2ccc(Cl)cc2)no1)NC1CCN(c2ncccc2F)C1.I. The summed E-state index contributed by atoms with van der Waals surface area (Å²) in [6, 6.07) is 10.4. The van der Waals surface area contributed by atoms with Crippen molar-refractivity contribution in [3.8, 4) is 11.4 Å². The molecule has 1 saturated heterocycles. The predicted octanol–water partition coefficient (Wildman–Crippen LogP) is 3.53. The minimum Gasteiger partial charge on any atom is -0.356 e. The van der Waals surface area contributed by atoms with E-state index in [1.807, 2.05) is 17.0 Å². The number of anilines is 1. The van der Waals surface area contributed by atoms with Gasteiger partial charge in [-0.05, 0) is 42.8 Å². The van der Waals surface area contributed by atoms with Gasteiger partial charge in [-0.1, -0.05) is 16.8 Å². The molecule has 8 nitrogen and oxygen atoms in total. The normalized spacial score (nSPS) is 16.0. The first-order chi connectivity index (χ1) is 15.1. The van der Waals surface area contributed by atoms with Gasteiger partial charge in [0.25, 0.3) is 0 Å². The Morgan fingerprint density at radius 3 is 2.88 bits per heavy atom. The highest BCUT2D eigenvalue weighted by atomic mass is 127. The highest BCUT2D eigenvalue weighted by Gasteiger charge is 2.25. The summed E-state index contributed by atoms with van der Waals surface area (Å²) in [5, 5.41) is 11.3. The second kappa shape index (κ2) is 11.4. The van der Waals surface area contributed by atoms with Crippen molar-refractivity contribution >= 4 is 47.4 Å². The molecular weight excluding hydrogens is 548 g/mol. The van der Waals surface area contributed by atoms with Crippen molar-refractivity contribution in [3.63, 3.8) is 0 Å². The first kappa shape index (κ1) is 24.2. The highest BCUT2D eigenvalue weighted by Crippen LogP contribution is 2.21. The minimum absolute atomic E-state index is 0. The smallest absolute Gasteiger partial charge is 0.228 e. The number of hydrogen-bond donors (Lipinski definition) is 2. The molecule has 0 saturated carbocycles. The first-order valence-corrected chi connectivity index (χ1v) is 10.4. The van der Waals surface area contributed by atoms with Crippen molar-refractivity contribution in [2.75, 3.05) is 31.6 Å². The van der Waals surface area contributed by atoms with Crippen molar-refractivity contribution in [1.29, 1.82) is 0 Å². The van der Waals surface area contributed by atoms with Gasteiger partial charge in [-0.15, -0.1) is 24.0 Å². The molecule has 1 atom stereocenters. The molecule has 0 radical (unpaired) electrons. The van der Waals surface area contributed by atoms with E-state index in [0.29, 0.717) is 48.0 Å². The zero-order valence-corrected chi connectivity index (χ0v) is 20.5. The van der Waals surface area contributed by atoms with Gasteiger partial charge in [0, 0.05) is 55.9 Å². The minimum atomic E-state index is -0.303. The van der Waals surface area contributed by atoms with Crippen LogP contribution in [0.25, 0.3) is 11.4 Å². The van der Waals surface area contributed by atoms with Gasteiger partial charge in [0.05, 0.1) is 0 Å². The van der Waals surface area contributed by atoms with Gasteiger partial charge in [-0.25, -0.2) is 9.37 Å². The standard InChI is InChI=1S/C21H23ClFN7O.HI/c1-24-21(27-16-9-12-30(13-16)20-17(23)3-2-10-25-20)26-11-8-18-28-19(29-31-18)14-4-6-15(22)7-5-14;/h2-7,10,16H,8-9,11-13H2,1H3,(H2,24,26,27);1H. The lowest BCUT2D eigenvalue weighted by molar-refractivity contribution is 0.378. The molecule has 1 aromatic carbocycles. The zero-order valence-electron chi connectivity index (χ0n) is 17.5. The van der Waals surface area contributed by atoms with E-state index in [1.165, 1.54) is 6.07 Å². The Labute approximate surface area is 207 Å². The average molecular weight is 572 g/mol. The average Bonchev–Trinajstić information content (AvgIpc) is 3.44. The van der Waals surface area contributed by atoms with Gasteiger partial charge >= 0.3 is 0 Å². The fraction of sp³-hybridized carbons (Fsp3) is 0.333. The summed E-state index contributed by atoms with van der Waals surface area (Å²) in [6.45, 7) is 1.97. The van der Waals surface area contributed by atoms with Crippen molar-refractivity contribution in [2.45, 2.75) is 18.9 Å². The summed E-state index contributed by atoms with van der Waals surface area (Å²) in [6.07, 6.45) is 3.03. The number of nitrogens with one attached hydrogen (secondary N) is 2. The molecule has 1 aliphatic heterocycles. The summed E-state index contributed by atoms with van der Waals surface area (Å²) in [4.78, 5) is 14.8. The van der Waals surface area contributed by atoms with E-state index < -0.39 is 0 Å². The molecule has 1 aliphatic rings. The summed E-state index contributed by atoms with van der Waals surface area (Å²) in [5.74, 6) is 1.82. The number of hydrogen-bond acceptors (Lipinski definition) is 6. The Hall–Kier alpha value is -2.47. The molecule has 0 spiro atoms. The lowest BCUT2D eigenvalue weighted by Crippen LogP contribution is -2.45. The van der Waals surface area contributed by atoms with Crippen LogP contribution in [0.2, 0.25) is 5.02 Å². The summed E-state index contributed by atoms with van der Waals surface area (Å²) in [7, 11) is 1.71. The van der Waals surface area contributed by atoms with Gasteiger partial charge in [-0.2, -0.15) is 4.98 Å². The summed E-state index contributed by atoms with van der Waals surface area (Å²) < 4.78 is 19.3. The van der Waals surface area contributed by atoms with E-state index in [4.69, 9.17) is 16.1 Å². The highest BCUT2D eigenvalue weighted by molar-refractivity contribution is 14.0. The van der Waals surface area contributed by atoms with E-state index >= 15 is 0 Å². The van der Waals surface area contributed by atoms with Crippen LogP contribution in [0, 0.1) is 5.82 Å². The Morgan fingerprint density at radius 1 is 1.31 bits per heavy atom. The Kier molecular flexibility index (Phi) is 8.62. The van der Waals surface area contributed by atoms with E-state index in [2.05, 4.69) is 30.8 Å². The van der Waals surface area contributed by atoms with Crippen LogP contribution in [-0.2, 0) is 6.42 Å². The Bertz CT molecular complexity index is 1050. The van der Waals surface area contributed by atoms with Crippen LogP contribution in [0.4, 0.5) is 10.2 Å². The molecule has 32 heavy (non-hydrogen) atoms. The lowest BCUT2D eigenvalue weighted by Gasteiger charge is -2.19. The second-order valence-electron chi connectivity index (χ2n) is 7.15. The van der Waals surface area contributed by atoms with E-state index in [9.17, 15) is 4.39 Å². The third kappa shape index (κ3) is 6.06. The Balaban J connectivity index is 0.00000289. The lowest BCUT2D eigenvalue weighted by atomic mass is 10.2. The molecular formula is C21H24ClFIN7O. The number of guanidine groups is 1. The van der Waals surface area contributed by atoms with E-state index in [0.717, 1.165) is 18.5 Å².